The van der Waals surface area contributed by atoms with E-state index in [1.54, 1.807) is 32.3 Å². The zero-order valence-corrected chi connectivity index (χ0v) is 9.93. The van der Waals surface area contributed by atoms with Gasteiger partial charge in [-0.3, -0.25) is 4.79 Å². The van der Waals surface area contributed by atoms with Gasteiger partial charge in [-0.15, -0.1) is 0 Å². The van der Waals surface area contributed by atoms with Crippen molar-refractivity contribution in [3.8, 4) is 0 Å². The van der Waals surface area contributed by atoms with E-state index in [2.05, 4.69) is 4.99 Å². The van der Waals surface area contributed by atoms with Crippen molar-refractivity contribution in [3.63, 3.8) is 0 Å². The molecule has 0 saturated heterocycles. The van der Waals surface area contributed by atoms with Crippen LogP contribution in [0.2, 0.25) is 0 Å². The Hall–Kier alpha value is -1.93. The van der Waals surface area contributed by atoms with E-state index >= 15 is 0 Å². The van der Waals surface area contributed by atoms with Crippen LogP contribution in [-0.4, -0.2) is 31.0 Å². The Morgan fingerprint density at radius 3 is 2.29 bits per heavy atom. The molecule has 0 aromatic heterocycles. The maximum Gasteiger partial charge on any atom is 0.253 e. The summed E-state index contributed by atoms with van der Waals surface area (Å²) < 4.78 is 0. The van der Waals surface area contributed by atoms with Crippen molar-refractivity contribution in [1.29, 1.82) is 0 Å². The summed E-state index contributed by atoms with van der Waals surface area (Å²) in [4.78, 5) is 27.4. The van der Waals surface area contributed by atoms with Gasteiger partial charge in [0.1, 0.15) is 0 Å². The van der Waals surface area contributed by atoms with Crippen LogP contribution in [0, 0.1) is 0 Å². The fourth-order valence-electron chi connectivity index (χ4n) is 1.85. The molecule has 0 heterocycles. The molecule has 1 aliphatic rings. The second-order valence-corrected chi connectivity index (χ2v) is 4.51. The predicted molar refractivity (Wildman–Crippen MR) is 63.5 cm³/mol. The van der Waals surface area contributed by atoms with Crippen LogP contribution in [0.15, 0.2) is 29.3 Å². The van der Waals surface area contributed by atoms with Crippen LogP contribution in [0.5, 0.6) is 0 Å². The number of carbonyl (C=O) groups is 1. The minimum atomic E-state index is -0.360. The standard InChI is InChI=1S/C13H14N2O2/c1-15(2)12(17)10-3-5-11(6-4-10)13(7-8-13)14-9-16/h3-6H,7-8H2,1-2H3. The Balaban J connectivity index is 2.25. The summed E-state index contributed by atoms with van der Waals surface area (Å²) in [5.41, 5.74) is 1.27. The number of benzene rings is 1. The van der Waals surface area contributed by atoms with Gasteiger partial charge in [0.25, 0.3) is 5.91 Å². The maximum atomic E-state index is 11.7. The molecule has 1 aromatic carbocycles. The average molecular weight is 230 g/mol. The van der Waals surface area contributed by atoms with Crippen molar-refractivity contribution >= 4 is 12.0 Å². The first-order chi connectivity index (χ1) is 8.09. The number of hydrogen-bond donors (Lipinski definition) is 0. The molecule has 1 saturated carbocycles. The molecule has 0 radical (unpaired) electrons. The van der Waals surface area contributed by atoms with Crippen molar-refractivity contribution < 1.29 is 9.59 Å². The number of aliphatic imine (C=N–C) groups is 1. The first-order valence-electron chi connectivity index (χ1n) is 5.50. The molecule has 0 aliphatic heterocycles. The summed E-state index contributed by atoms with van der Waals surface area (Å²) in [6.07, 6.45) is 3.38. The third-order valence-electron chi connectivity index (χ3n) is 3.06. The van der Waals surface area contributed by atoms with Gasteiger partial charge in [-0.25, -0.2) is 4.79 Å². The number of rotatable bonds is 3. The molecule has 0 spiro atoms. The highest BCUT2D eigenvalue weighted by Gasteiger charge is 2.44. The van der Waals surface area contributed by atoms with Crippen LogP contribution in [0.4, 0.5) is 0 Å². The van der Waals surface area contributed by atoms with E-state index in [-0.39, 0.29) is 11.4 Å². The first kappa shape index (κ1) is 11.6. The average Bonchev–Trinajstić information content (AvgIpc) is 3.10. The molecule has 0 atom stereocenters. The molecule has 17 heavy (non-hydrogen) atoms. The predicted octanol–water partition coefficient (Wildman–Crippen LogP) is 1.71. The van der Waals surface area contributed by atoms with E-state index in [1.165, 1.54) is 4.90 Å². The van der Waals surface area contributed by atoms with E-state index < -0.39 is 0 Å². The molecule has 1 fully saturated rings. The summed E-state index contributed by atoms with van der Waals surface area (Å²) in [6.45, 7) is 0. The van der Waals surface area contributed by atoms with Crippen molar-refractivity contribution in [2.24, 2.45) is 4.99 Å². The van der Waals surface area contributed by atoms with Crippen molar-refractivity contribution in [2.75, 3.05) is 14.1 Å². The minimum absolute atomic E-state index is 0.0275. The number of amides is 1. The van der Waals surface area contributed by atoms with E-state index in [0.29, 0.717) is 5.56 Å². The van der Waals surface area contributed by atoms with Gasteiger partial charge < -0.3 is 4.90 Å². The molecule has 1 aromatic rings. The van der Waals surface area contributed by atoms with Crippen LogP contribution in [-0.2, 0) is 10.3 Å². The molecule has 1 amide bonds. The van der Waals surface area contributed by atoms with Crippen LogP contribution in [0.25, 0.3) is 0 Å². The Morgan fingerprint density at radius 2 is 1.88 bits per heavy atom. The number of carbonyl (C=O) groups excluding carboxylic acids is 2. The second-order valence-electron chi connectivity index (χ2n) is 4.51. The van der Waals surface area contributed by atoms with Gasteiger partial charge in [-0.1, -0.05) is 12.1 Å². The lowest BCUT2D eigenvalue weighted by Gasteiger charge is -2.12. The Morgan fingerprint density at radius 1 is 1.29 bits per heavy atom. The van der Waals surface area contributed by atoms with Gasteiger partial charge in [-0.2, -0.15) is 4.99 Å². The van der Waals surface area contributed by atoms with Crippen LogP contribution in [0.1, 0.15) is 28.8 Å². The lowest BCUT2D eigenvalue weighted by Crippen LogP contribution is -2.21. The number of isocyanates is 1. The molecule has 88 valence electrons. The molecule has 4 heteroatoms. The molecular weight excluding hydrogens is 216 g/mol. The largest absolute Gasteiger partial charge is 0.345 e. The molecule has 0 N–H and O–H groups in total. The summed E-state index contributed by atoms with van der Waals surface area (Å²) >= 11 is 0. The smallest absolute Gasteiger partial charge is 0.253 e. The first-order valence-corrected chi connectivity index (χ1v) is 5.50. The Bertz CT molecular complexity index is 481. The van der Waals surface area contributed by atoms with Gasteiger partial charge in [0.15, 0.2) is 0 Å². The van der Waals surface area contributed by atoms with Gasteiger partial charge >= 0.3 is 0 Å². The van der Waals surface area contributed by atoms with Crippen molar-refractivity contribution in [1.82, 2.24) is 4.90 Å². The zero-order valence-electron chi connectivity index (χ0n) is 9.93. The summed E-state index contributed by atoms with van der Waals surface area (Å²) in [7, 11) is 3.44. The highest BCUT2D eigenvalue weighted by atomic mass is 16.2. The lowest BCUT2D eigenvalue weighted by molar-refractivity contribution is 0.0827. The SMILES string of the molecule is CN(C)C(=O)c1ccc(C2(N=C=O)CC2)cc1. The zero-order chi connectivity index (χ0) is 12.5. The number of nitrogens with zero attached hydrogens (tertiary/aromatic N) is 2. The highest BCUT2D eigenvalue weighted by molar-refractivity contribution is 5.93. The van der Waals surface area contributed by atoms with E-state index in [9.17, 15) is 9.59 Å². The van der Waals surface area contributed by atoms with Crippen molar-refractivity contribution in [2.45, 2.75) is 18.4 Å². The summed E-state index contributed by atoms with van der Waals surface area (Å²) in [5.74, 6) is -0.0275. The molecule has 0 bridgehead atoms. The normalized spacial score (nSPS) is 15.9. The van der Waals surface area contributed by atoms with Gasteiger partial charge in [0, 0.05) is 19.7 Å². The number of hydrogen-bond acceptors (Lipinski definition) is 3. The third-order valence-corrected chi connectivity index (χ3v) is 3.06. The minimum Gasteiger partial charge on any atom is -0.345 e. The fourth-order valence-corrected chi connectivity index (χ4v) is 1.85. The van der Waals surface area contributed by atoms with Crippen LogP contribution >= 0.6 is 0 Å². The topological polar surface area (TPSA) is 49.7 Å². The van der Waals surface area contributed by atoms with Gasteiger partial charge in [-0.05, 0) is 30.5 Å². The molecule has 2 rings (SSSR count). The highest BCUT2D eigenvalue weighted by Crippen LogP contribution is 2.49. The molecule has 1 aliphatic carbocycles. The van der Waals surface area contributed by atoms with E-state index in [1.807, 2.05) is 12.1 Å². The van der Waals surface area contributed by atoms with E-state index in [4.69, 9.17) is 0 Å². The van der Waals surface area contributed by atoms with Crippen LogP contribution < -0.4 is 0 Å². The second kappa shape index (κ2) is 4.15. The van der Waals surface area contributed by atoms with Gasteiger partial charge in [0.2, 0.25) is 6.08 Å². The Labute approximate surface area is 100.0 Å². The fraction of sp³-hybridized carbons (Fsp3) is 0.385. The third kappa shape index (κ3) is 2.12. The van der Waals surface area contributed by atoms with Crippen LogP contribution in [0.3, 0.4) is 0 Å². The molecule has 4 nitrogen and oxygen atoms in total. The maximum absolute atomic E-state index is 11.7. The quantitative estimate of drug-likeness (QED) is 0.586. The molecular formula is C13H14N2O2. The molecule has 0 unspecified atom stereocenters. The van der Waals surface area contributed by atoms with E-state index in [0.717, 1.165) is 18.4 Å². The summed E-state index contributed by atoms with van der Waals surface area (Å²) in [5, 5.41) is 0. The van der Waals surface area contributed by atoms with Gasteiger partial charge in [0.05, 0.1) is 5.54 Å². The Kier molecular flexibility index (Phi) is 2.82. The lowest BCUT2D eigenvalue weighted by atomic mass is 10.0. The monoisotopic (exact) mass is 230 g/mol. The van der Waals surface area contributed by atoms with Crippen molar-refractivity contribution in [3.05, 3.63) is 35.4 Å². The summed E-state index contributed by atoms with van der Waals surface area (Å²) in [6, 6.07) is 7.28.